The van der Waals surface area contributed by atoms with E-state index in [0.717, 1.165) is 37.4 Å². The van der Waals surface area contributed by atoms with Crippen molar-refractivity contribution in [2.24, 2.45) is 0 Å². The Balaban J connectivity index is 1.40. The van der Waals surface area contributed by atoms with Crippen LogP contribution in [-0.4, -0.2) is 40.4 Å². The van der Waals surface area contributed by atoms with E-state index >= 15 is 0 Å². The molecule has 0 N–H and O–H groups in total. The van der Waals surface area contributed by atoms with Crippen LogP contribution in [0, 0.1) is 0 Å². The number of rotatable bonds is 8. The van der Waals surface area contributed by atoms with E-state index in [2.05, 4.69) is 59.3 Å². The maximum absolute atomic E-state index is 12.9. The van der Waals surface area contributed by atoms with Gasteiger partial charge in [-0.15, -0.1) is 0 Å². The van der Waals surface area contributed by atoms with Crippen molar-refractivity contribution in [1.82, 2.24) is 14.8 Å². The van der Waals surface area contributed by atoms with Crippen LogP contribution in [0.25, 0.3) is 0 Å². The molecule has 0 spiro atoms. The molecule has 5 heteroatoms. The van der Waals surface area contributed by atoms with Gasteiger partial charge in [-0.1, -0.05) is 43.3 Å². The van der Waals surface area contributed by atoms with Crippen LogP contribution in [0.1, 0.15) is 35.6 Å². The molecule has 0 saturated heterocycles. The van der Waals surface area contributed by atoms with Gasteiger partial charge in [0.2, 0.25) is 5.91 Å². The summed E-state index contributed by atoms with van der Waals surface area (Å²) in [5.74, 6) is 1.08. The molecule has 0 fully saturated rings. The average molecular weight is 430 g/mol. The SMILES string of the molecule is CCN(Cc1ccncc1)Cc1ccc2c(c1)CN(C(=O)CCc1ccccc1)CCO2. The quantitative estimate of drug-likeness (QED) is 0.530. The molecule has 5 nitrogen and oxygen atoms in total. The summed E-state index contributed by atoms with van der Waals surface area (Å²) in [5, 5.41) is 0. The van der Waals surface area contributed by atoms with E-state index in [1.165, 1.54) is 16.7 Å². The van der Waals surface area contributed by atoms with Gasteiger partial charge in [0, 0.05) is 44.0 Å². The minimum Gasteiger partial charge on any atom is -0.491 e. The number of amides is 1. The van der Waals surface area contributed by atoms with Gasteiger partial charge in [-0.3, -0.25) is 14.7 Å². The molecule has 3 aromatic rings. The first-order valence-electron chi connectivity index (χ1n) is 11.4. The summed E-state index contributed by atoms with van der Waals surface area (Å²) in [4.78, 5) is 21.3. The molecule has 2 aromatic carbocycles. The molecule has 2 heterocycles. The lowest BCUT2D eigenvalue weighted by molar-refractivity contribution is -0.131. The van der Waals surface area contributed by atoms with E-state index < -0.39 is 0 Å². The first-order chi connectivity index (χ1) is 15.7. The Morgan fingerprint density at radius 2 is 1.78 bits per heavy atom. The zero-order chi connectivity index (χ0) is 22.2. The Morgan fingerprint density at radius 1 is 1.00 bits per heavy atom. The summed E-state index contributed by atoms with van der Waals surface area (Å²) in [6.07, 6.45) is 4.97. The summed E-state index contributed by atoms with van der Waals surface area (Å²) >= 11 is 0. The van der Waals surface area contributed by atoms with Crippen molar-refractivity contribution >= 4 is 5.91 Å². The highest BCUT2D eigenvalue weighted by molar-refractivity contribution is 5.76. The van der Waals surface area contributed by atoms with Crippen molar-refractivity contribution in [2.45, 2.75) is 39.4 Å². The zero-order valence-electron chi connectivity index (χ0n) is 18.7. The smallest absolute Gasteiger partial charge is 0.223 e. The molecule has 0 saturated carbocycles. The van der Waals surface area contributed by atoms with Gasteiger partial charge >= 0.3 is 0 Å². The van der Waals surface area contributed by atoms with Crippen molar-refractivity contribution in [3.8, 4) is 5.75 Å². The molecular weight excluding hydrogens is 398 g/mol. The van der Waals surface area contributed by atoms with Crippen LogP contribution in [0.15, 0.2) is 73.1 Å². The number of aryl methyl sites for hydroxylation is 1. The van der Waals surface area contributed by atoms with E-state index in [4.69, 9.17) is 4.74 Å². The van der Waals surface area contributed by atoms with Crippen LogP contribution in [-0.2, 0) is 30.8 Å². The van der Waals surface area contributed by atoms with Crippen molar-refractivity contribution in [2.75, 3.05) is 19.7 Å². The van der Waals surface area contributed by atoms with Crippen LogP contribution in [0.3, 0.4) is 0 Å². The molecule has 1 aliphatic rings. The monoisotopic (exact) mass is 429 g/mol. The predicted molar refractivity (Wildman–Crippen MR) is 126 cm³/mol. The van der Waals surface area contributed by atoms with Gasteiger partial charge in [-0.2, -0.15) is 0 Å². The van der Waals surface area contributed by atoms with Gasteiger partial charge in [0.05, 0.1) is 6.54 Å². The number of fused-ring (bicyclic) bond motifs is 1. The Kier molecular flexibility index (Phi) is 7.51. The summed E-state index contributed by atoms with van der Waals surface area (Å²) < 4.78 is 5.96. The van der Waals surface area contributed by atoms with E-state index in [1.807, 2.05) is 35.5 Å². The van der Waals surface area contributed by atoms with Gasteiger partial charge < -0.3 is 9.64 Å². The molecule has 0 aliphatic carbocycles. The second-order valence-electron chi connectivity index (χ2n) is 8.25. The Morgan fingerprint density at radius 3 is 2.56 bits per heavy atom. The summed E-state index contributed by atoms with van der Waals surface area (Å²) in [6.45, 7) is 6.65. The maximum Gasteiger partial charge on any atom is 0.223 e. The lowest BCUT2D eigenvalue weighted by atomic mass is 10.1. The fourth-order valence-corrected chi connectivity index (χ4v) is 4.10. The van der Waals surface area contributed by atoms with Crippen LogP contribution in [0.5, 0.6) is 5.75 Å². The van der Waals surface area contributed by atoms with Crippen molar-refractivity contribution < 1.29 is 9.53 Å². The molecule has 1 amide bonds. The topological polar surface area (TPSA) is 45.7 Å². The number of carbonyl (C=O) groups excluding carboxylic acids is 1. The van der Waals surface area contributed by atoms with Crippen molar-refractivity contribution in [1.29, 1.82) is 0 Å². The van der Waals surface area contributed by atoms with E-state index in [9.17, 15) is 4.79 Å². The molecule has 0 bridgehead atoms. The fourth-order valence-electron chi connectivity index (χ4n) is 4.10. The third kappa shape index (κ3) is 5.95. The lowest BCUT2D eigenvalue weighted by Gasteiger charge is -2.22. The first kappa shape index (κ1) is 22.0. The van der Waals surface area contributed by atoms with E-state index in [1.54, 1.807) is 0 Å². The highest BCUT2D eigenvalue weighted by atomic mass is 16.5. The Hall–Kier alpha value is -3.18. The number of hydrogen-bond donors (Lipinski definition) is 0. The van der Waals surface area contributed by atoms with Crippen LogP contribution in [0.2, 0.25) is 0 Å². The minimum atomic E-state index is 0.184. The standard InChI is InChI=1S/C27H31N3O2/c1-2-29(19-23-12-14-28-15-13-23)20-24-8-10-26-25(18-24)21-30(16-17-32-26)27(31)11-9-22-6-4-3-5-7-22/h3-8,10,12-15,18H,2,9,11,16-17,19-21H2,1H3. The first-order valence-corrected chi connectivity index (χ1v) is 11.4. The molecule has 1 aromatic heterocycles. The highest BCUT2D eigenvalue weighted by Crippen LogP contribution is 2.26. The number of pyridine rings is 1. The van der Waals surface area contributed by atoms with Gasteiger partial charge in [-0.05, 0) is 53.9 Å². The number of benzene rings is 2. The van der Waals surface area contributed by atoms with E-state index in [-0.39, 0.29) is 5.91 Å². The molecule has 1 aliphatic heterocycles. The van der Waals surface area contributed by atoms with Crippen LogP contribution >= 0.6 is 0 Å². The Labute approximate surface area is 190 Å². The third-order valence-electron chi connectivity index (χ3n) is 5.94. The van der Waals surface area contributed by atoms with Gasteiger partial charge in [-0.25, -0.2) is 0 Å². The second kappa shape index (κ2) is 10.9. The van der Waals surface area contributed by atoms with E-state index in [0.29, 0.717) is 26.1 Å². The molecule has 166 valence electrons. The summed E-state index contributed by atoms with van der Waals surface area (Å²) in [5.41, 5.74) is 4.79. The number of carbonyl (C=O) groups is 1. The molecule has 0 atom stereocenters. The largest absolute Gasteiger partial charge is 0.491 e. The highest BCUT2D eigenvalue weighted by Gasteiger charge is 2.20. The minimum absolute atomic E-state index is 0.184. The number of ether oxygens (including phenoxy) is 1. The molecule has 4 rings (SSSR count). The third-order valence-corrected chi connectivity index (χ3v) is 5.94. The normalized spacial score (nSPS) is 13.4. The van der Waals surface area contributed by atoms with Gasteiger partial charge in [0.25, 0.3) is 0 Å². The predicted octanol–water partition coefficient (Wildman–Crippen LogP) is 4.46. The van der Waals surface area contributed by atoms with Crippen molar-refractivity contribution in [3.63, 3.8) is 0 Å². The number of aromatic nitrogens is 1. The summed E-state index contributed by atoms with van der Waals surface area (Å²) in [6, 6.07) is 20.7. The number of nitrogens with zero attached hydrogens (tertiary/aromatic N) is 3. The zero-order valence-corrected chi connectivity index (χ0v) is 18.7. The lowest BCUT2D eigenvalue weighted by Crippen LogP contribution is -2.32. The molecule has 0 unspecified atom stereocenters. The summed E-state index contributed by atoms with van der Waals surface area (Å²) in [7, 11) is 0. The van der Waals surface area contributed by atoms with Crippen molar-refractivity contribution in [3.05, 3.63) is 95.3 Å². The second-order valence-corrected chi connectivity index (χ2v) is 8.25. The molecule has 32 heavy (non-hydrogen) atoms. The Bertz CT molecular complexity index is 1010. The molecular formula is C27H31N3O2. The number of hydrogen-bond acceptors (Lipinski definition) is 4. The fraction of sp³-hybridized carbons (Fsp3) is 0.333. The maximum atomic E-state index is 12.9. The average Bonchev–Trinajstić information content (AvgIpc) is 3.05. The van der Waals surface area contributed by atoms with Gasteiger partial charge in [0.15, 0.2) is 0 Å². The van der Waals surface area contributed by atoms with Crippen LogP contribution in [0.4, 0.5) is 0 Å². The van der Waals surface area contributed by atoms with Gasteiger partial charge in [0.1, 0.15) is 12.4 Å². The molecule has 0 radical (unpaired) electrons. The van der Waals surface area contributed by atoms with Crippen LogP contribution < -0.4 is 4.74 Å².